The van der Waals surface area contributed by atoms with E-state index in [4.69, 9.17) is 32.2 Å². The molecule has 0 unspecified atom stereocenters. The summed E-state index contributed by atoms with van der Waals surface area (Å²) in [6.45, 7) is 5.10. The first-order chi connectivity index (χ1) is 18.1. The number of anilines is 1. The highest BCUT2D eigenvalue weighted by Gasteiger charge is 2.29. The van der Waals surface area contributed by atoms with Crippen molar-refractivity contribution >= 4 is 34.9 Å². The number of nitrogens with two attached hydrogens (primary N) is 1. The molecule has 0 bridgehead atoms. The van der Waals surface area contributed by atoms with Gasteiger partial charge in [0.15, 0.2) is 16.6 Å². The van der Waals surface area contributed by atoms with Crippen LogP contribution in [0.5, 0.6) is 17.2 Å². The Morgan fingerprint density at radius 3 is 2.23 bits per heavy atom. The lowest BCUT2D eigenvalue weighted by Gasteiger charge is -2.19. The van der Waals surface area contributed by atoms with Crippen molar-refractivity contribution < 1.29 is 34.0 Å². The minimum atomic E-state index is -0.381. The molecule has 0 saturated heterocycles. The summed E-state index contributed by atoms with van der Waals surface area (Å²) < 4.78 is 21.2. The molecule has 39 heavy (non-hydrogen) atoms. The minimum Gasteiger partial charge on any atom is -0.493 e. The van der Waals surface area contributed by atoms with Gasteiger partial charge in [0, 0.05) is 19.4 Å². The molecule has 3 rings (SSSR count). The second kappa shape index (κ2) is 15.3. The number of thiocarbonyl (C=S) groups is 1. The smallest absolute Gasteiger partial charge is 0.302 e. The SMILES string of the molecule is CCOC(C)=O.COc1cc2c(c(OC)c1OC)-c1ccc(NNC(N)=S)c(=O)cc1[C@@H](NC(C)=O)CC2.O. The van der Waals surface area contributed by atoms with Gasteiger partial charge in [-0.05, 0) is 66.9 Å². The maximum Gasteiger partial charge on any atom is 0.302 e. The van der Waals surface area contributed by atoms with Crippen LogP contribution in [0, 0.1) is 0 Å². The van der Waals surface area contributed by atoms with Crippen LogP contribution < -0.4 is 41.5 Å². The number of carbonyl (C=O) groups is 2. The summed E-state index contributed by atoms with van der Waals surface area (Å²) >= 11 is 4.80. The number of carbonyl (C=O) groups excluding carboxylic acids is 2. The first-order valence-electron chi connectivity index (χ1n) is 11.8. The molecule has 2 aromatic rings. The molecule has 1 atom stereocenters. The van der Waals surface area contributed by atoms with Crippen molar-refractivity contribution in [2.24, 2.45) is 5.73 Å². The van der Waals surface area contributed by atoms with E-state index in [2.05, 4.69) is 20.9 Å². The molecule has 0 fully saturated rings. The third-order valence-electron chi connectivity index (χ3n) is 5.58. The van der Waals surface area contributed by atoms with E-state index >= 15 is 0 Å². The van der Waals surface area contributed by atoms with Crippen LogP contribution in [-0.2, 0) is 20.7 Å². The van der Waals surface area contributed by atoms with Crippen LogP contribution in [-0.4, -0.2) is 50.4 Å². The molecule has 13 heteroatoms. The lowest BCUT2D eigenvalue weighted by Crippen LogP contribution is -2.35. The summed E-state index contributed by atoms with van der Waals surface area (Å²) in [5, 5.41) is 2.96. The van der Waals surface area contributed by atoms with Crippen LogP contribution in [0.2, 0.25) is 0 Å². The van der Waals surface area contributed by atoms with Gasteiger partial charge in [-0.3, -0.25) is 25.2 Å². The van der Waals surface area contributed by atoms with Gasteiger partial charge in [-0.25, -0.2) is 0 Å². The van der Waals surface area contributed by atoms with E-state index < -0.39 is 0 Å². The summed E-state index contributed by atoms with van der Waals surface area (Å²) in [7, 11) is 4.65. The van der Waals surface area contributed by atoms with Crippen LogP contribution in [0.1, 0.15) is 44.4 Å². The van der Waals surface area contributed by atoms with Crippen molar-refractivity contribution in [3.63, 3.8) is 0 Å². The maximum atomic E-state index is 13.0. The molecule has 1 amide bonds. The van der Waals surface area contributed by atoms with Crippen molar-refractivity contribution in [3.05, 3.63) is 45.6 Å². The maximum absolute atomic E-state index is 13.0. The Labute approximate surface area is 232 Å². The molecular weight excluding hydrogens is 528 g/mol. The molecule has 0 heterocycles. The number of aryl methyl sites for hydroxylation is 1. The molecule has 1 aliphatic carbocycles. The number of amides is 1. The normalized spacial score (nSPS) is 12.8. The topological polar surface area (TPSA) is 182 Å². The van der Waals surface area contributed by atoms with Gasteiger partial charge >= 0.3 is 5.97 Å². The van der Waals surface area contributed by atoms with Crippen molar-refractivity contribution in [2.45, 2.75) is 39.7 Å². The quantitative estimate of drug-likeness (QED) is 0.218. The third kappa shape index (κ3) is 8.45. The first-order valence-corrected chi connectivity index (χ1v) is 12.2. The number of hydrazine groups is 1. The number of nitrogens with one attached hydrogen (secondary N) is 3. The molecule has 0 saturated carbocycles. The number of hydrogen-bond acceptors (Lipinski definition) is 9. The van der Waals surface area contributed by atoms with Crippen LogP contribution in [0.4, 0.5) is 5.69 Å². The largest absolute Gasteiger partial charge is 0.493 e. The predicted molar refractivity (Wildman–Crippen MR) is 152 cm³/mol. The lowest BCUT2D eigenvalue weighted by molar-refractivity contribution is -0.140. The average Bonchev–Trinajstić information content (AvgIpc) is 3.10. The molecule has 214 valence electrons. The van der Waals surface area contributed by atoms with Crippen LogP contribution in [0.3, 0.4) is 0 Å². The van der Waals surface area contributed by atoms with Gasteiger partial charge in [-0.2, -0.15) is 0 Å². The highest BCUT2D eigenvalue weighted by molar-refractivity contribution is 7.80. The monoisotopic (exact) mass is 564 g/mol. The van der Waals surface area contributed by atoms with Crippen molar-refractivity contribution in [1.82, 2.24) is 10.7 Å². The van der Waals surface area contributed by atoms with E-state index in [1.807, 2.05) is 6.07 Å². The van der Waals surface area contributed by atoms with E-state index in [-0.39, 0.29) is 39.6 Å². The Kier molecular flexibility index (Phi) is 13.0. The Balaban J connectivity index is 0.000000977. The molecule has 7 N–H and O–H groups in total. The van der Waals surface area contributed by atoms with E-state index in [1.165, 1.54) is 27.0 Å². The molecular formula is C26H36N4O8S. The first kappa shape index (κ1) is 32.9. The summed E-state index contributed by atoms with van der Waals surface area (Å²) in [4.78, 5) is 34.7. The Morgan fingerprint density at radius 1 is 1.08 bits per heavy atom. The van der Waals surface area contributed by atoms with E-state index in [1.54, 1.807) is 33.3 Å². The standard InChI is InChI=1S/C22H26N4O5S.C4H8O2.H2O/c1-11(27)24-15-7-5-12-9-18(29-2)20(30-3)21(31-4)19(12)13-6-8-16(25-26-22(23)32)17(28)10-14(13)15;1-3-6-4(2)5;/h6,8-10,15H,5,7H2,1-4H3,(H,24,27)(H,25,28)(H3,23,26,32);3H2,1-2H3;1H2/t15-;;/m0../s1. The summed E-state index contributed by atoms with van der Waals surface area (Å²) in [5.74, 6) is 1.07. The fourth-order valence-electron chi connectivity index (χ4n) is 4.14. The zero-order valence-corrected chi connectivity index (χ0v) is 23.7. The number of rotatable bonds is 7. The van der Waals surface area contributed by atoms with Crippen LogP contribution in [0.15, 0.2) is 29.1 Å². The number of methoxy groups -OCH3 is 3. The molecule has 0 spiro atoms. The number of benzene rings is 1. The number of hydrogen-bond donors (Lipinski definition) is 4. The summed E-state index contributed by atoms with van der Waals surface area (Å²) in [5.41, 5.74) is 13.8. The predicted octanol–water partition coefficient (Wildman–Crippen LogP) is 1.77. The molecule has 0 aromatic heterocycles. The van der Waals surface area contributed by atoms with Crippen LogP contribution in [0.25, 0.3) is 11.1 Å². The third-order valence-corrected chi connectivity index (χ3v) is 5.69. The number of esters is 1. The number of ether oxygens (including phenoxy) is 4. The summed E-state index contributed by atoms with van der Waals surface area (Å²) in [6.07, 6.45) is 1.20. The zero-order chi connectivity index (χ0) is 28.4. The van der Waals surface area contributed by atoms with Gasteiger partial charge in [0.2, 0.25) is 17.1 Å². The van der Waals surface area contributed by atoms with Gasteiger partial charge in [0.05, 0.1) is 34.0 Å². The zero-order valence-electron chi connectivity index (χ0n) is 22.9. The average molecular weight is 565 g/mol. The van der Waals surface area contributed by atoms with E-state index in [0.29, 0.717) is 42.3 Å². The van der Waals surface area contributed by atoms with Gasteiger partial charge in [0.1, 0.15) is 5.69 Å². The Bertz CT molecular complexity index is 1260. The van der Waals surface area contributed by atoms with E-state index in [0.717, 1.165) is 16.7 Å². The second-order valence-corrected chi connectivity index (χ2v) is 8.57. The highest BCUT2D eigenvalue weighted by atomic mass is 32.1. The van der Waals surface area contributed by atoms with Crippen molar-refractivity contribution in [3.8, 4) is 28.4 Å². The molecule has 0 aliphatic heterocycles. The van der Waals surface area contributed by atoms with Crippen molar-refractivity contribution in [2.75, 3.05) is 33.4 Å². The minimum absolute atomic E-state index is 0. The second-order valence-electron chi connectivity index (χ2n) is 8.13. The van der Waals surface area contributed by atoms with Crippen molar-refractivity contribution in [1.29, 1.82) is 0 Å². The fourth-order valence-corrected chi connectivity index (χ4v) is 4.19. The fraction of sp³-hybridized carbons (Fsp3) is 0.385. The Morgan fingerprint density at radius 2 is 1.74 bits per heavy atom. The van der Waals surface area contributed by atoms with Crippen LogP contribution >= 0.6 is 12.2 Å². The highest BCUT2D eigenvalue weighted by Crippen LogP contribution is 2.50. The number of fused-ring (bicyclic) bond motifs is 3. The van der Waals surface area contributed by atoms with Gasteiger partial charge in [0.25, 0.3) is 0 Å². The molecule has 2 aromatic carbocycles. The van der Waals surface area contributed by atoms with E-state index in [9.17, 15) is 14.4 Å². The van der Waals surface area contributed by atoms with Gasteiger partial charge in [-0.15, -0.1) is 0 Å². The lowest BCUT2D eigenvalue weighted by atomic mass is 9.95. The molecule has 1 aliphatic rings. The molecule has 0 radical (unpaired) electrons. The van der Waals surface area contributed by atoms with Gasteiger partial charge < -0.3 is 35.5 Å². The summed E-state index contributed by atoms with van der Waals surface area (Å²) in [6, 6.07) is 6.45. The Hall–Kier alpha value is -4.10. The molecule has 12 nitrogen and oxygen atoms in total. The van der Waals surface area contributed by atoms with Gasteiger partial charge in [-0.1, -0.05) is 6.07 Å².